The van der Waals surface area contributed by atoms with Gasteiger partial charge in [0.1, 0.15) is 5.82 Å². The second kappa shape index (κ2) is 6.08. The molecule has 0 spiro atoms. The lowest BCUT2D eigenvalue weighted by Gasteiger charge is -2.10. The van der Waals surface area contributed by atoms with Crippen LogP contribution in [0.1, 0.15) is 25.3 Å². The number of nitrogens with one attached hydrogen (secondary N) is 1. The summed E-state index contributed by atoms with van der Waals surface area (Å²) in [5.41, 5.74) is 3.82. The molecule has 0 unspecified atom stereocenters. The maximum Gasteiger partial charge on any atom is 0.228 e. The van der Waals surface area contributed by atoms with Crippen molar-refractivity contribution in [3.63, 3.8) is 0 Å². The summed E-state index contributed by atoms with van der Waals surface area (Å²) in [6.45, 7) is 2.18. The molecule has 1 saturated carbocycles. The second-order valence-electron chi connectivity index (χ2n) is 6.41. The molecule has 0 saturated heterocycles. The first-order valence-electron chi connectivity index (χ1n) is 8.53. The third-order valence-corrected chi connectivity index (χ3v) is 4.63. The Balaban J connectivity index is 1.67. The number of carbonyl (C=O) groups is 1. The van der Waals surface area contributed by atoms with Crippen molar-refractivity contribution >= 4 is 22.5 Å². The first-order valence-corrected chi connectivity index (χ1v) is 8.53. The van der Waals surface area contributed by atoms with E-state index in [-0.39, 0.29) is 11.8 Å². The zero-order valence-electron chi connectivity index (χ0n) is 13.8. The van der Waals surface area contributed by atoms with E-state index in [4.69, 9.17) is 0 Å². The van der Waals surface area contributed by atoms with Gasteiger partial charge in [-0.3, -0.25) is 4.79 Å². The molecular formula is C21H20N2O. The lowest BCUT2D eigenvalue weighted by atomic mass is 9.96. The summed E-state index contributed by atoms with van der Waals surface area (Å²) >= 11 is 0. The Kier molecular flexibility index (Phi) is 3.77. The number of fused-ring (bicyclic) bond motifs is 1. The SMILES string of the molecule is CCc1ccccc1-c1ccc2cc(NC(=O)C3CC3)ncc2c1. The van der Waals surface area contributed by atoms with Crippen molar-refractivity contribution in [2.24, 2.45) is 5.92 Å². The largest absolute Gasteiger partial charge is 0.310 e. The average Bonchev–Trinajstić information content (AvgIpc) is 3.46. The molecule has 4 rings (SSSR count). The van der Waals surface area contributed by atoms with Crippen molar-refractivity contribution in [3.8, 4) is 11.1 Å². The lowest BCUT2D eigenvalue weighted by molar-refractivity contribution is -0.117. The smallest absolute Gasteiger partial charge is 0.228 e. The van der Waals surface area contributed by atoms with Gasteiger partial charge in [-0.25, -0.2) is 4.98 Å². The van der Waals surface area contributed by atoms with Crippen LogP contribution in [0.2, 0.25) is 0 Å². The van der Waals surface area contributed by atoms with Crippen LogP contribution in [0.3, 0.4) is 0 Å². The van der Waals surface area contributed by atoms with Gasteiger partial charge < -0.3 is 5.32 Å². The number of carbonyl (C=O) groups excluding carboxylic acids is 1. The van der Waals surface area contributed by atoms with Crippen molar-refractivity contribution in [3.05, 3.63) is 60.3 Å². The van der Waals surface area contributed by atoms with Gasteiger partial charge in [0.05, 0.1) is 0 Å². The van der Waals surface area contributed by atoms with E-state index in [1.54, 1.807) is 0 Å². The van der Waals surface area contributed by atoms with Crippen LogP contribution in [0.25, 0.3) is 21.9 Å². The van der Waals surface area contributed by atoms with Gasteiger partial charge in [-0.2, -0.15) is 0 Å². The Bertz CT molecular complexity index is 913. The van der Waals surface area contributed by atoms with E-state index in [1.807, 2.05) is 12.3 Å². The fourth-order valence-electron chi connectivity index (χ4n) is 3.06. The van der Waals surface area contributed by atoms with Gasteiger partial charge in [-0.05, 0) is 53.5 Å². The summed E-state index contributed by atoms with van der Waals surface area (Å²) < 4.78 is 0. The highest BCUT2D eigenvalue weighted by Gasteiger charge is 2.29. The molecule has 1 aromatic heterocycles. The number of nitrogens with zero attached hydrogens (tertiary/aromatic N) is 1. The Morgan fingerprint density at radius 2 is 1.96 bits per heavy atom. The van der Waals surface area contributed by atoms with Crippen LogP contribution in [-0.2, 0) is 11.2 Å². The Labute approximate surface area is 141 Å². The number of anilines is 1. The topological polar surface area (TPSA) is 42.0 Å². The van der Waals surface area contributed by atoms with E-state index < -0.39 is 0 Å². The highest BCUT2D eigenvalue weighted by atomic mass is 16.2. The number of hydrogen-bond donors (Lipinski definition) is 1. The molecule has 0 aliphatic heterocycles. The third kappa shape index (κ3) is 2.90. The van der Waals surface area contributed by atoms with E-state index in [0.29, 0.717) is 5.82 Å². The summed E-state index contributed by atoms with van der Waals surface area (Å²) in [4.78, 5) is 16.3. The van der Waals surface area contributed by atoms with Gasteiger partial charge >= 0.3 is 0 Å². The van der Waals surface area contributed by atoms with Crippen LogP contribution in [0, 0.1) is 5.92 Å². The van der Waals surface area contributed by atoms with Gasteiger partial charge in [0.2, 0.25) is 5.91 Å². The Morgan fingerprint density at radius 3 is 2.75 bits per heavy atom. The highest BCUT2D eigenvalue weighted by molar-refractivity contribution is 5.96. The minimum atomic E-state index is 0.0929. The zero-order valence-corrected chi connectivity index (χ0v) is 13.8. The van der Waals surface area contributed by atoms with Crippen LogP contribution in [0.15, 0.2) is 54.7 Å². The molecular weight excluding hydrogens is 296 g/mol. The predicted octanol–water partition coefficient (Wildman–Crippen LogP) is 4.81. The van der Waals surface area contributed by atoms with E-state index in [1.165, 1.54) is 16.7 Å². The van der Waals surface area contributed by atoms with Crippen molar-refractivity contribution in [1.82, 2.24) is 4.98 Å². The summed E-state index contributed by atoms with van der Waals surface area (Å²) in [5.74, 6) is 0.923. The second-order valence-corrected chi connectivity index (χ2v) is 6.41. The van der Waals surface area contributed by atoms with Gasteiger partial charge in [-0.1, -0.05) is 43.3 Å². The fourth-order valence-corrected chi connectivity index (χ4v) is 3.06. The number of hydrogen-bond acceptors (Lipinski definition) is 2. The van der Waals surface area contributed by atoms with Crippen LogP contribution < -0.4 is 5.32 Å². The van der Waals surface area contributed by atoms with Crippen molar-refractivity contribution < 1.29 is 4.79 Å². The molecule has 1 fully saturated rings. The summed E-state index contributed by atoms with van der Waals surface area (Å²) in [6, 6.07) is 16.9. The highest BCUT2D eigenvalue weighted by Crippen LogP contribution is 2.31. The Hall–Kier alpha value is -2.68. The molecule has 1 N–H and O–H groups in total. The maximum absolute atomic E-state index is 11.9. The molecule has 0 radical (unpaired) electrons. The number of benzene rings is 2. The number of aryl methyl sites for hydroxylation is 1. The molecule has 3 heteroatoms. The molecule has 1 amide bonds. The molecule has 1 heterocycles. The number of pyridine rings is 1. The van der Waals surface area contributed by atoms with E-state index in [9.17, 15) is 4.79 Å². The monoisotopic (exact) mass is 316 g/mol. The third-order valence-electron chi connectivity index (χ3n) is 4.63. The van der Waals surface area contributed by atoms with E-state index in [0.717, 1.165) is 30.0 Å². The minimum Gasteiger partial charge on any atom is -0.310 e. The standard InChI is InChI=1S/C21H20N2O/c1-2-14-5-3-4-6-19(14)17-10-9-16-12-20(22-13-18(16)11-17)23-21(24)15-7-8-15/h3-6,9-13,15H,2,7-8H2,1H3,(H,22,23,24). The molecule has 1 aliphatic rings. The molecule has 0 atom stereocenters. The number of amides is 1. The van der Waals surface area contributed by atoms with E-state index >= 15 is 0 Å². The molecule has 2 aromatic carbocycles. The lowest BCUT2D eigenvalue weighted by Crippen LogP contribution is -2.14. The van der Waals surface area contributed by atoms with Crippen LogP contribution in [0.5, 0.6) is 0 Å². The quantitative estimate of drug-likeness (QED) is 0.750. The molecule has 3 aromatic rings. The molecule has 120 valence electrons. The normalized spacial score (nSPS) is 13.9. The van der Waals surface area contributed by atoms with Crippen molar-refractivity contribution in [2.75, 3.05) is 5.32 Å². The molecule has 24 heavy (non-hydrogen) atoms. The summed E-state index contributed by atoms with van der Waals surface area (Å²) in [5, 5.41) is 5.09. The van der Waals surface area contributed by atoms with Gasteiger partial charge in [-0.15, -0.1) is 0 Å². The number of rotatable bonds is 4. The average molecular weight is 316 g/mol. The fraction of sp³-hybridized carbons (Fsp3) is 0.238. The first kappa shape index (κ1) is 14.9. The molecule has 1 aliphatic carbocycles. The molecule has 3 nitrogen and oxygen atoms in total. The number of aromatic nitrogens is 1. The van der Waals surface area contributed by atoms with Crippen LogP contribution >= 0.6 is 0 Å². The minimum absolute atomic E-state index is 0.0929. The predicted molar refractivity (Wildman–Crippen MR) is 97.9 cm³/mol. The zero-order chi connectivity index (χ0) is 16.5. The van der Waals surface area contributed by atoms with Crippen LogP contribution in [0.4, 0.5) is 5.82 Å². The Morgan fingerprint density at radius 1 is 1.12 bits per heavy atom. The van der Waals surface area contributed by atoms with Gasteiger partial charge in [0.25, 0.3) is 0 Å². The maximum atomic E-state index is 11.9. The van der Waals surface area contributed by atoms with E-state index in [2.05, 4.69) is 59.7 Å². The molecule has 0 bridgehead atoms. The first-order chi connectivity index (χ1) is 11.7. The van der Waals surface area contributed by atoms with Crippen molar-refractivity contribution in [2.45, 2.75) is 26.2 Å². The van der Waals surface area contributed by atoms with Crippen LogP contribution in [-0.4, -0.2) is 10.9 Å². The summed E-state index contributed by atoms with van der Waals surface area (Å²) in [7, 11) is 0. The van der Waals surface area contributed by atoms with Crippen molar-refractivity contribution in [1.29, 1.82) is 0 Å². The van der Waals surface area contributed by atoms with Gasteiger partial charge in [0.15, 0.2) is 0 Å². The van der Waals surface area contributed by atoms with Gasteiger partial charge in [0, 0.05) is 17.5 Å². The summed E-state index contributed by atoms with van der Waals surface area (Å²) in [6.07, 6.45) is 4.85.